The number of rotatable bonds is 5. The summed E-state index contributed by atoms with van der Waals surface area (Å²) in [6, 6.07) is 3.13. The Morgan fingerprint density at radius 1 is 1.33 bits per heavy atom. The van der Waals surface area contributed by atoms with Crippen LogP contribution in [0.25, 0.3) is 0 Å². The van der Waals surface area contributed by atoms with Crippen molar-refractivity contribution in [3.8, 4) is 0 Å². The lowest BCUT2D eigenvalue weighted by atomic mass is 9.88. The number of halogens is 1. The van der Waals surface area contributed by atoms with Gasteiger partial charge in [0, 0.05) is 37.8 Å². The number of hydrogen-bond donors (Lipinski definition) is 2. The standard InChI is InChI=1S/C20H30FN5O/c1-2-22-20(24-13-18-17(21)9-6-11-23-18)25-16-10-12-26(14-16)19(27)15-7-4-3-5-8-15/h6,9,11,15-16H,2-5,7-8,10,12-14H2,1H3,(H2,22,24,25). The van der Waals surface area contributed by atoms with E-state index in [1.54, 1.807) is 12.3 Å². The molecule has 0 aromatic carbocycles. The van der Waals surface area contributed by atoms with Crippen LogP contribution in [0.3, 0.4) is 0 Å². The van der Waals surface area contributed by atoms with Crippen molar-refractivity contribution < 1.29 is 9.18 Å². The van der Waals surface area contributed by atoms with Crippen molar-refractivity contribution >= 4 is 11.9 Å². The summed E-state index contributed by atoms with van der Waals surface area (Å²) in [7, 11) is 0. The lowest BCUT2D eigenvalue weighted by Crippen LogP contribution is -2.45. The Hall–Kier alpha value is -2.18. The summed E-state index contributed by atoms with van der Waals surface area (Å²) in [5.41, 5.74) is 0.329. The zero-order chi connectivity index (χ0) is 19.1. The predicted molar refractivity (Wildman–Crippen MR) is 104 cm³/mol. The summed E-state index contributed by atoms with van der Waals surface area (Å²) in [5, 5.41) is 6.58. The van der Waals surface area contributed by atoms with E-state index in [9.17, 15) is 9.18 Å². The van der Waals surface area contributed by atoms with E-state index in [0.29, 0.717) is 30.7 Å². The van der Waals surface area contributed by atoms with Crippen LogP contribution in [0.2, 0.25) is 0 Å². The number of amides is 1. The molecule has 7 heteroatoms. The molecule has 1 saturated carbocycles. The number of nitrogens with zero attached hydrogens (tertiary/aromatic N) is 3. The molecule has 1 aliphatic heterocycles. The molecule has 6 nitrogen and oxygen atoms in total. The molecule has 1 saturated heterocycles. The fraction of sp³-hybridized carbons (Fsp3) is 0.650. The molecule has 1 aliphatic carbocycles. The molecule has 2 aliphatic rings. The minimum atomic E-state index is -0.345. The third-order valence-electron chi connectivity index (χ3n) is 5.36. The van der Waals surface area contributed by atoms with Gasteiger partial charge in [0.15, 0.2) is 5.96 Å². The predicted octanol–water partition coefficient (Wildman–Crippen LogP) is 2.46. The summed E-state index contributed by atoms with van der Waals surface area (Å²) in [6.07, 6.45) is 8.15. The van der Waals surface area contributed by atoms with Crippen molar-refractivity contribution in [1.82, 2.24) is 20.5 Å². The number of pyridine rings is 1. The van der Waals surface area contributed by atoms with Gasteiger partial charge in [-0.2, -0.15) is 0 Å². The van der Waals surface area contributed by atoms with E-state index in [1.807, 2.05) is 11.8 Å². The van der Waals surface area contributed by atoms with E-state index < -0.39 is 0 Å². The van der Waals surface area contributed by atoms with E-state index in [4.69, 9.17) is 0 Å². The van der Waals surface area contributed by atoms with E-state index in [1.165, 1.54) is 25.3 Å². The molecular weight excluding hydrogens is 345 g/mol. The van der Waals surface area contributed by atoms with Crippen LogP contribution in [-0.4, -0.2) is 47.4 Å². The fourth-order valence-corrected chi connectivity index (χ4v) is 3.89. The maximum atomic E-state index is 13.7. The zero-order valence-corrected chi connectivity index (χ0v) is 16.1. The lowest BCUT2D eigenvalue weighted by Gasteiger charge is -2.26. The Labute approximate surface area is 160 Å². The third kappa shape index (κ3) is 5.40. The average Bonchev–Trinajstić information content (AvgIpc) is 3.16. The van der Waals surface area contributed by atoms with Crippen LogP contribution in [0.4, 0.5) is 4.39 Å². The van der Waals surface area contributed by atoms with Crippen LogP contribution in [0.15, 0.2) is 23.3 Å². The molecule has 148 valence electrons. The molecule has 2 heterocycles. The number of carbonyl (C=O) groups is 1. The van der Waals surface area contributed by atoms with Crippen LogP contribution in [-0.2, 0) is 11.3 Å². The monoisotopic (exact) mass is 375 g/mol. The number of carbonyl (C=O) groups excluding carboxylic acids is 1. The molecule has 1 atom stereocenters. The lowest BCUT2D eigenvalue weighted by molar-refractivity contribution is -0.135. The van der Waals surface area contributed by atoms with Crippen molar-refractivity contribution in [3.63, 3.8) is 0 Å². The van der Waals surface area contributed by atoms with Crippen molar-refractivity contribution in [2.24, 2.45) is 10.9 Å². The highest BCUT2D eigenvalue weighted by molar-refractivity contribution is 5.81. The number of guanidine groups is 1. The second kappa shape index (κ2) is 9.67. The molecular formula is C20H30FN5O. The second-order valence-corrected chi connectivity index (χ2v) is 7.38. The second-order valence-electron chi connectivity index (χ2n) is 7.38. The normalized spacial score (nSPS) is 21.3. The molecule has 3 rings (SSSR count). The third-order valence-corrected chi connectivity index (χ3v) is 5.36. The van der Waals surface area contributed by atoms with Crippen LogP contribution in [0, 0.1) is 11.7 Å². The summed E-state index contributed by atoms with van der Waals surface area (Å²) in [5.74, 6) is 0.824. The molecule has 27 heavy (non-hydrogen) atoms. The van der Waals surface area contributed by atoms with Gasteiger partial charge in [-0.05, 0) is 38.3 Å². The summed E-state index contributed by atoms with van der Waals surface area (Å²) in [4.78, 5) is 23.2. The van der Waals surface area contributed by atoms with Gasteiger partial charge >= 0.3 is 0 Å². The first kappa shape index (κ1) is 19.6. The number of aliphatic imine (C=N–C) groups is 1. The maximum absolute atomic E-state index is 13.7. The largest absolute Gasteiger partial charge is 0.357 e. The van der Waals surface area contributed by atoms with Gasteiger partial charge in [-0.15, -0.1) is 0 Å². The van der Waals surface area contributed by atoms with Crippen LogP contribution in [0.1, 0.15) is 51.1 Å². The molecule has 0 radical (unpaired) electrons. The highest BCUT2D eigenvalue weighted by atomic mass is 19.1. The van der Waals surface area contributed by atoms with Gasteiger partial charge in [-0.25, -0.2) is 9.38 Å². The molecule has 0 bridgehead atoms. The van der Waals surface area contributed by atoms with Gasteiger partial charge in [0.05, 0.1) is 12.2 Å². The first-order valence-electron chi connectivity index (χ1n) is 10.1. The maximum Gasteiger partial charge on any atom is 0.225 e. The van der Waals surface area contributed by atoms with Gasteiger partial charge in [-0.1, -0.05) is 19.3 Å². The number of aromatic nitrogens is 1. The Morgan fingerprint density at radius 2 is 2.15 bits per heavy atom. The van der Waals surface area contributed by atoms with Crippen molar-refractivity contribution in [1.29, 1.82) is 0 Å². The Balaban J connectivity index is 1.54. The highest BCUT2D eigenvalue weighted by Crippen LogP contribution is 2.26. The number of nitrogens with one attached hydrogen (secondary N) is 2. The highest BCUT2D eigenvalue weighted by Gasteiger charge is 2.31. The minimum Gasteiger partial charge on any atom is -0.357 e. The number of likely N-dealkylation sites (tertiary alicyclic amines) is 1. The van der Waals surface area contributed by atoms with Gasteiger partial charge in [0.1, 0.15) is 5.82 Å². The molecule has 1 aromatic heterocycles. The topological polar surface area (TPSA) is 69.6 Å². The molecule has 1 amide bonds. The molecule has 1 aromatic rings. The Kier molecular flexibility index (Phi) is 7.01. The number of hydrogen-bond acceptors (Lipinski definition) is 3. The molecule has 1 unspecified atom stereocenters. The van der Waals surface area contributed by atoms with Gasteiger partial charge < -0.3 is 15.5 Å². The van der Waals surface area contributed by atoms with Gasteiger partial charge in [-0.3, -0.25) is 9.78 Å². The van der Waals surface area contributed by atoms with E-state index in [0.717, 1.165) is 25.8 Å². The zero-order valence-electron chi connectivity index (χ0n) is 16.1. The van der Waals surface area contributed by atoms with E-state index in [2.05, 4.69) is 20.6 Å². The van der Waals surface area contributed by atoms with Crippen molar-refractivity contribution in [2.45, 2.75) is 58.0 Å². The molecule has 0 spiro atoms. The molecule has 2 fully saturated rings. The summed E-state index contributed by atoms with van der Waals surface area (Å²) >= 11 is 0. The summed E-state index contributed by atoms with van der Waals surface area (Å²) < 4.78 is 13.7. The van der Waals surface area contributed by atoms with Crippen LogP contribution in [0.5, 0.6) is 0 Å². The first-order chi connectivity index (χ1) is 13.2. The average molecular weight is 375 g/mol. The van der Waals surface area contributed by atoms with Gasteiger partial charge in [0.2, 0.25) is 5.91 Å². The quantitative estimate of drug-likeness (QED) is 0.613. The van der Waals surface area contributed by atoms with Crippen molar-refractivity contribution in [2.75, 3.05) is 19.6 Å². The van der Waals surface area contributed by atoms with Crippen LogP contribution < -0.4 is 10.6 Å². The first-order valence-corrected chi connectivity index (χ1v) is 10.1. The summed E-state index contributed by atoms with van der Waals surface area (Å²) in [6.45, 7) is 4.39. The van der Waals surface area contributed by atoms with E-state index >= 15 is 0 Å². The Bertz CT molecular complexity index is 660. The smallest absolute Gasteiger partial charge is 0.225 e. The van der Waals surface area contributed by atoms with Gasteiger partial charge in [0.25, 0.3) is 0 Å². The molecule has 2 N–H and O–H groups in total. The SMILES string of the molecule is CCNC(=NCc1ncccc1F)NC1CCN(C(=O)C2CCCCC2)C1. The van der Waals surface area contributed by atoms with E-state index in [-0.39, 0.29) is 24.3 Å². The Morgan fingerprint density at radius 3 is 2.89 bits per heavy atom. The van der Waals surface area contributed by atoms with Crippen molar-refractivity contribution in [3.05, 3.63) is 29.8 Å². The minimum absolute atomic E-state index is 0.170. The van der Waals surface area contributed by atoms with Crippen LogP contribution >= 0.6 is 0 Å². The fourth-order valence-electron chi connectivity index (χ4n) is 3.89.